The number of rotatable bonds is 6. The molecule has 0 fully saturated rings. The average Bonchev–Trinajstić information content (AvgIpc) is 2.41. The van der Waals surface area contributed by atoms with E-state index >= 15 is 0 Å². The molecule has 6 heteroatoms. The maximum atomic E-state index is 11.3. The number of ether oxygens (including phenoxy) is 2. The molecule has 0 amide bonds. The zero-order valence-corrected chi connectivity index (χ0v) is 11.7. The smallest absolute Gasteiger partial charge is 0.336 e. The Morgan fingerprint density at radius 3 is 2.38 bits per heavy atom. The van der Waals surface area contributed by atoms with Crippen LogP contribution in [0.4, 0.5) is 0 Å². The summed E-state index contributed by atoms with van der Waals surface area (Å²) < 4.78 is 15.7. The Morgan fingerprint density at radius 2 is 1.71 bits per heavy atom. The minimum atomic E-state index is -0.510. The number of carbonyl (C=O) groups excluding carboxylic acids is 2. The summed E-state index contributed by atoms with van der Waals surface area (Å²) in [5.41, 5.74) is -0.245. The Bertz CT molecular complexity index is 743. The molecule has 1 aromatic heterocycles. The third-order valence-corrected chi connectivity index (χ3v) is 2.55. The van der Waals surface area contributed by atoms with Gasteiger partial charge in [0.1, 0.15) is 30.3 Å². The van der Waals surface area contributed by atoms with Crippen LogP contribution in [0.5, 0.6) is 11.5 Å². The predicted octanol–water partition coefficient (Wildman–Crippen LogP) is 1.73. The molecule has 0 atom stereocenters. The molecule has 0 bridgehead atoms. The second kappa shape index (κ2) is 6.21. The molecule has 0 saturated heterocycles. The number of benzene rings is 1. The lowest BCUT2D eigenvalue weighted by Gasteiger charge is -2.10. The van der Waals surface area contributed by atoms with Crippen molar-refractivity contribution in [3.8, 4) is 11.5 Å². The second-order valence-electron chi connectivity index (χ2n) is 4.57. The van der Waals surface area contributed by atoms with E-state index in [2.05, 4.69) is 0 Å². The topological polar surface area (TPSA) is 82.8 Å². The molecular formula is C15H14O6. The van der Waals surface area contributed by atoms with Gasteiger partial charge in [0.05, 0.1) is 5.39 Å². The molecule has 0 N–H and O–H groups in total. The molecule has 1 heterocycles. The van der Waals surface area contributed by atoms with Gasteiger partial charge in [-0.3, -0.25) is 9.59 Å². The monoisotopic (exact) mass is 290 g/mol. The van der Waals surface area contributed by atoms with Crippen molar-refractivity contribution in [2.75, 3.05) is 13.2 Å². The number of hydrogen-bond donors (Lipinski definition) is 0. The highest BCUT2D eigenvalue weighted by Crippen LogP contribution is 2.30. The lowest BCUT2D eigenvalue weighted by Crippen LogP contribution is -2.09. The van der Waals surface area contributed by atoms with Gasteiger partial charge in [-0.15, -0.1) is 0 Å². The van der Waals surface area contributed by atoms with Gasteiger partial charge in [-0.25, -0.2) is 4.79 Å². The number of fused-ring (bicyclic) bond motifs is 1. The second-order valence-corrected chi connectivity index (χ2v) is 4.57. The van der Waals surface area contributed by atoms with E-state index in [1.165, 1.54) is 26.0 Å². The van der Waals surface area contributed by atoms with Gasteiger partial charge in [0.15, 0.2) is 11.6 Å². The van der Waals surface area contributed by atoms with Gasteiger partial charge in [-0.1, -0.05) is 0 Å². The summed E-state index contributed by atoms with van der Waals surface area (Å²) in [4.78, 5) is 33.3. The molecule has 0 unspecified atom stereocenters. The van der Waals surface area contributed by atoms with Gasteiger partial charge < -0.3 is 13.9 Å². The molecule has 1 aromatic carbocycles. The van der Waals surface area contributed by atoms with E-state index in [1.54, 1.807) is 12.1 Å². The van der Waals surface area contributed by atoms with E-state index < -0.39 is 5.63 Å². The van der Waals surface area contributed by atoms with E-state index in [1.807, 2.05) is 0 Å². The van der Waals surface area contributed by atoms with Crippen molar-refractivity contribution in [1.82, 2.24) is 0 Å². The summed E-state index contributed by atoms with van der Waals surface area (Å²) in [6.45, 7) is 2.59. The Kier molecular flexibility index (Phi) is 4.37. The summed E-state index contributed by atoms with van der Waals surface area (Å²) in [5.74, 6) is 0.391. The fraction of sp³-hybridized carbons (Fsp3) is 0.267. The summed E-state index contributed by atoms with van der Waals surface area (Å²) in [5, 5.41) is 0.547. The first-order valence-corrected chi connectivity index (χ1v) is 6.28. The molecule has 0 aliphatic rings. The summed E-state index contributed by atoms with van der Waals surface area (Å²) in [6.07, 6.45) is 0. The van der Waals surface area contributed by atoms with Crippen LogP contribution in [0, 0.1) is 0 Å². The first-order valence-electron chi connectivity index (χ1n) is 6.28. The molecule has 6 nitrogen and oxygen atoms in total. The van der Waals surface area contributed by atoms with Crippen molar-refractivity contribution in [1.29, 1.82) is 0 Å². The molecule has 2 aromatic rings. The van der Waals surface area contributed by atoms with Crippen LogP contribution in [0.3, 0.4) is 0 Å². The van der Waals surface area contributed by atoms with Gasteiger partial charge in [0.25, 0.3) is 0 Å². The van der Waals surface area contributed by atoms with Gasteiger partial charge in [0, 0.05) is 18.2 Å². The molecule has 2 rings (SSSR count). The van der Waals surface area contributed by atoms with Crippen molar-refractivity contribution in [3.63, 3.8) is 0 Å². The number of hydrogen-bond acceptors (Lipinski definition) is 6. The van der Waals surface area contributed by atoms with Crippen molar-refractivity contribution in [2.45, 2.75) is 13.8 Å². The number of ketones is 2. The SMILES string of the molecule is CC(=O)COc1cc(OCC(C)=O)c2ccc(=O)oc2c1. The summed E-state index contributed by atoms with van der Waals surface area (Å²) in [7, 11) is 0. The van der Waals surface area contributed by atoms with Crippen molar-refractivity contribution in [3.05, 3.63) is 34.7 Å². The van der Waals surface area contributed by atoms with Crippen LogP contribution >= 0.6 is 0 Å². The van der Waals surface area contributed by atoms with E-state index in [9.17, 15) is 14.4 Å². The van der Waals surface area contributed by atoms with E-state index in [0.29, 0.717) is 16.9 Å². The van der Waals surface area contributed by atoms with Crippen LogP contribution in [0.25, 0.3) is 11.0 Å². The summed E-state index contributed by atoms with van der Waals surface area (Å²) >= 11 is 0. The van der Waals surface area contributed by atoms with Crippen molar-refractivity contribution in [2.24, 2.45) is 0 Å². The van der Waals surface area contributed by atoms with Crippen molar-refractivity contribution < 1.29 is 23.5 Å². The maximum Gasteiger partial charge on any atom is 0.336 e. The zero-order valence-electron chi connectivity index (χ0n) is 11.7. The Hall–Kier alpha value is -2.63. The number of carbonyl (C=O) groups is 2. The van der Waals surface area contributed by atoms with Gasteiger partial charge in [-0.2, -0.15) is 0 Å². The van der Waals surface area contributed by atoms with Gasteiger partial charge >= 0.3 is 5.63 Å². The van der Waals surface area contributed by atoms with Gasteiger partial charge in [0.2, 0.25) is 0 Å². The zero-order chi connectivity index (χ0) is 15.4. The highest BCUT2D eigenvalue weighted by molar-refractivity contribution is 5.86. The Labute approximate surface area is 120 Å². The molecule has 0 aliphatic carbocycles. The third kappa shape index (κ3) is 3.92. The molecule has 21 heavy (non-hydrogen) atoms. The van der Waals surface area contributed by atoms with Crippen LogP contribution in [0.2, 0.25) is 0 Å². The highest BCUT2D eigenvalue weighted by Gasteiger charge is 2.10. The van der Waals surface area contributed by atoms with Crippen LogP contribution in [0.15, 0.2) is 33.5 Å². The average molecular weight is 290 g/mol. The molecule has 0 radical (unpaired) electrons. The molecule has 110 valence electrons. The molecule has 0 saturated carbocycles. The normalized spacial score (nSPS) is 10.4. The fourth-order valence-corrected chi connectivity index (χ4v) is 1.69. The Morgan fingerprint density at radius 1 is 1.05 bits per heavy atom. The van der Waals surface area contributed by atoms with E-state index in [-0.39, 0.29) is 30.4 Å². The van der Waals surface area contributed by atoms with Crippen molar-refractivity contribution >= 4 is 22.5 Å². The third-order valence-electron chi connectivity index (χ3n) is 2.55. The predicted molar refractivity (Wildman–Crippen MR) is 74.8 cm³/mol. The van der Waals surface area contributed by atoms with Crippen LogP contribution in [0.1, 0.15) is 13.8 Å². The first kappa shape index (κ1) is 14.8. The van der Waals surface area contributed by atoms with E-state index in [4.69, 9.17) is 13.9 Å². The fourth-order valence-electron chi connectivity index (χ4n) is 1.69. The summed E-state index contributed by atoms with van der Waals surface area (Å²) in [6, 6.07) is 5.86. The lowest BCUT2D eigenvalue weighted by molar-refractivity contribution is -0.119. The molecule has 0 aliphatic heterocycles. The Balaban J connectivity index is 2.43. The molecular weight excluding hydrogens is 276 g/mol. The van der Waals surface area contributed by atoms with Crippen LogP contribution in [-0.2, 0) is 9.59 Å². The van der Waals surface area contributed by atoms with Crippen LogP contribution in [-0.4, -0.2) is 24.8 Å². The number of Topliss-reactive ketones (excluding diaryl/α,β-unsaturated/α-hetero) is 2. The van der Waals surface area contributed by atoms with Crippen LogP contribution < -0.4 is 15.1 Å². The minimum absolute atomic E-state index is 0.102. The quantitative estimate of drug-likeness (QED) is 0.753. The standard InChI is InChI=1S/C15H14O6/c1-9(16)7-19-11-5-13(20-8-10(2)17)12-3-4-15(18)21-14(12)6-11/h3-6H,7-8H2,1-2H3. The molecule has 0 spiro atoms. The largest absolute Gasteiger partial charge is 0.486 e. The highest BCUT2D eigenvalue weighted by atomic mass is 16.5. The maximum absolute atomic E-state index is 11.3. The minimum Gasteiger partial charge on any atom is -0.486 e. The van der Waals surface area contributed by atoms with Gasteiger partial charge in [-0.05, 0) is 19.9 Å². The first-order chi connectivity index (χ1) is 9.95. The van der Waals surface area contributed by atoms with E-state index in [0.717, 1.165) is 0 Å². The lowest BCUT2D eigenvalue weighted by atomic mass is 10.2.